The van der Waals surface area contributed by atoms with E-state index in [0.29, 0.717) is 5.92 Å². The molecule has 0 bridgehead atoms. The van der Waals surface area contributed by atoms with Gasteiger partial charge >= 0.3 is 0 Å². The fraction of sp³-hybridized carbons (Fsp3) is 0.455. The van der Waals surface area contributed by atoms with Crippen LogP contribution < -0.4 is 5.73 Å². The third kappa shape index (κ3) is 1.97. The lowest BCUT2D eigenvalue weighted by Gasteiger charge is -2.13. The lowest BCUT2D eigenvalue weighted by Crippen LogP contribution is -2.01. The molecule has 0 radical (unpaired) electrons. The largest absolute Gasteiger partial charge is 0.398 e. The van der Waals surface area contributed by atoms with Gasteiger partial charge in [0.15, 0.2) is 0 Å². The van der Waals surface area contributed by atoms with Gasteiger partial charge in [0.2, 0.25) is 0 Å². The van der Waals surface area contributed by atoms with Gasteiger partial charge in [-0.15, -0.1) is 0 Å². The van der Waals surface area contributed by atoms with Crippen LogP contribution in [-0.2, 0) is 6.42 Å². The maximum atomic E-state index is 6.03. The zero-order valence-electron chi connectivity index (χ0n) is 8.39. The van der Waals surface area contributed by atoms with E-state index in [0.717, 1.165) is 22.7 Å². The molecule has 0 aliphatic rings. The van der Waals surface area contributed by atoms with Crippen molar-refractivity contribution in [1.82, 2.24) is 0 Å². The van der Waals surface area contributed by atoms with Crippen LogP contribution in [0.25, 0.3) is 0 Å². The summed E-state index contributed by atoms with van der Waals surface area (Å²) in [5.41, 5.74) is 9.15. The third-order valence-corrected chi connectivity index (χ3v) is 2.66. The van der Waals surface area contributed by atoms with Gasteiger partial charge in [-0.3, -0.25) is 0 Å². The second-order valence-corrected chi connectivity index (χ2v) is 3.94. The van der Waals surface area contributed by atoms with Crippen molar-refractivity contribution in [2.24, 2.45) is 0 Å². The van der Waals surface area contributed by atoms with E-state index < -0.39 is 0 Å². The molecule has 0 saturated heterocycles. The second kappa shape index (κ2) is 4.01. The van der Waals surface area contributed by atoms with Gasteiger partial charge < -0.3 is 5.73 Å². The highest BCUT2D eigenvalue weighted by atomic mass is 35.5. The van der Waals surface area contributed by atoms with Crippen LogP contribution in [0, 0.1) is 0 Å². The summed E-state index contributed by atoms with van der Waals surface area (Å²) in [5.74, 6) is 0.461. The van der Waals surface area contributed by atoms with E-state index in [9.17, 15) is 0 Å². The van der Waals surface area contributed by atoms with E-state index in [-0.39, 0.29) is 0 Å². The van der Waals surface area contributed by atoms with Crippen molar-refractivity contribution < 1.29 is 0 Å². The zero-order chi connectivity index (χ0) is 10.0. The summed E-state index contributed by atoms with van der Waals surface area (Å²) in [6, 6.07) is 3.95. The van der Waals surface area contributed by atoms with Crippen LogP contribution in [0.1, 0.15) is 37.8 Å². The molecule has 0 atom stereocenters. The first-order valence-electron chi connectivity index (χ1n) is 4.64. The molecule has 1 aromatic rings. The van der Waals surface area contributed by atoms with E-state index in [1.165, 1.54) is 5.56 Å². The van der Waals surface area contributed by atoms with Crippen LogP contribution in [0.2, 0.25) is 5.02 Å². The van der Waals surface area contributed by atoms with Gasteiger partial charge in [0.1, 0.15) is 0 Å². The molecule has 0 aliphatic carbocycles. The van der Waals surface area contributed by atoms with Crippen LogP contribution in [0.5, 0.6) is 0 Å². The van der Waals surface area contributed by atoms with E-state index in [1.807, 2.05) is 12.1 Å². The monoisotopic (exact) mass is 197 g/mol. The first-order valence-corrected chi connectivity index (χ1v) is 5.02. The molecule has 2 N–H and O–H groups in total. The van der Waals surface area contributed by atoms with Gasteiger partial charge in [-0.1, -0.05) is 38.4 Å². The summed E-state index contributed by atoms with van der Waals surface area (Å²) in [6.07, 6.45) is 0.894. The molecule has 0 aliphatic heterocycles. The second-order valence-electron chi connectivity index (χ2n) is 3.54. The third-order valence-electron chi connectivity index (χ3n) is 2.31. The number of nitrogen functional groups attached to an aromatic ring is 1. The summed E-state index contributed by atoms with van der Waals surface area (Å²) < 4.78 is 0. The van der Waals surface area contributed by atoms with Gasteiger partial charge in [0.25, 0.3) is 0 Å². The molecule has 0 unspecified atom stereocenters. The topological polar surface area (TPSA) is 26.0 Å². The molecular formula is C11H16ClN. The molecule has 0 aromatic heterocycles. The van der Waals surface area contributed by atoms with Crippen molar-refractivity contribution in [2.45, 2.75) is 33.1 Å². The fourth-order valence-corrected chi connectivity index (χ4v) is 1.82. The van der Waals surface area contributed by atoms with E-state index >= 15 is 0 Å². The maximum Gasteiger partial charge on any atom is 0.0458 e. The van der Waals surface area contributed by atoms with Crippen LogP contribution in [-0.4, -0.2) is 0 Å². The first-order chi connectivity index (χ1) is 6.07. The Morgan fingerprint density at radius 1 is 1.38 bits per heavy atom. The van der Waals surface area contributed by atoms with E-state index in [4.69, 9.17) is 17.3 Å². The van der Waals surface area contributed by atoms with Crippen molar-refractivity contribution in [3.8, 4) is 0 Å². The molecule has 0 spiro atoms. The Morgan fingerprint density at radius 2 is 2.00 bits per heavy atom. The van der Waals surface area contributed by atoms with Crippen molar-refractivity contribution in [3.63, 3.8) is 0 Å². The highest BCUT2D eigenvalue weighted by molar-refractivity contribution is 6.31. The zero-order valence-corrected chi connectivity index (χ0v) is 9.15. The highest BCUT2D eigenvalue weighted by Gasteiger charge is 2.09. The van der Waals surface area contributed by atoms with Crippen molar-refractivity contribution in [2.75, 3.05) is 5.73 Å². The van der Waals surface area contributed by atoms with Crippen LogP contribution in [0.4, 0.5) is 5.69 Å². The average Bonchev–Trinajstić information content (AvgIpc) is 2.04. The molecule has 72 valence electrons. The number of rotatable bonds is 2. The van der Waals surface area contributed by atoms with E-state index in [2.05, 4.69) is 20.8 Å². The standard InChI is InChI=1S/C11H16ClN/c1-4-8-10(12)6-5-9(7(2)3)11(8)13/h5-7H,4,13H2,1-3H3. The highest BCUT2D eigenvalue weighted by Crippen LogP contribution is 2.30. The number of hydrogen-bond donors (Lipinski definition) is 1. The van der Waals surface area contributed by atoms with E-state index in [1.54, 1.807) is 0 Å². The number of benzene rings is 1. The number of halogens is 1. The lowest BCUT2D eigenvalue weighted by atomic mass is 9.97. The molecule has 0 heterocycles. The molecule has 1 nitrogen and oxygen atoms in total. The Hall–Kier alpha value is -0.690. The predicted octanol–water partition coefficient (Wildman–Crippen LogP) is 3.61. The number of hydrogen-bond acceptors (Lipinski definition) is 1. The molecule has 2 heteroatoms. The van der Waals surface area contributed by atoms with Crippen molar-refractivity contribution in [1.29, 1.82) is 0 Å². The molecule has 1 rings (SSSR count). The van der Waals surface area contributed by atoms with Crippen LogP contribution >= 0.6 is 11.6 Å². The Labute approximate surface area is 84.9 Å². The summed E-state index contributed by atoms with van der Waals surface area (Å²) >= 11 is 6.03. The summed E-state index contributed by atoms with van der Waals surface area (Å²) in [5, 5.41) is 0.782. The smallest absolute Gasteiger partial charge is 0.0458 e. The van der Waals surface area contributed by atoms with Gasteiger partial charge in [-0.2, -0.15) is 0 Å². The average molecular weight is 198 g/mol. The maximum absolute atomic E-state index is 6.03. The SMILES string of the molecule is CCc1c(Cl)ccc(C(C)C)c1N. The molecule has 0 amide bonds. The van der Waals surface area contributed by atoms with Gasteiger partial charge in [-0.05, 0) is 29.5 Å². The Balaban J connectivity index is 3.27. The normalized spacial score (nSPS) is 10.8. The Morgan fingerprint density at radius 3 is 2.46 bits per heavy atom. The number of nitrogens with two attached hydrogens (primary N) is 1. The minimum atomic E-state index is 0.461. The summed E-state index contributed by atoms with van der Waals surface area (Å²) in [4.78, 5) is 0. The molecule has 0 fully saturated rings. The summed E-state index contributed by atoms with van der Waals surface area (Å²) in [6.45, 7) is 6.35. The van der Waals surface area contributed by atoms with Crippen molar-refractivity contribution in [3.05, 3.63) is 28.3 Å². The van der Waals surface area contributed by atoms with Crippen LogP contribution in [0.15, 0.2) is 12.1 Å². The Bertz CT molecular complexity index is 305. The Kier molecular flexibility index (Phi) is 3.21. The van der Waals surface area contributed by atoms with Gasteiger partial charge in [0, 0.05) is 10.7 Å². The molecule has 13 heavy (non-hydrogen) atoms. The lowest BCUT2D eigenvalue weighted by molar-refractivity contribution is 0.866. The van der Waals surface area contributed by atoms with Crippen LogP contribution in [0.3, 0.4) is 0 Å². The van der Waals surface area contributed by atoms with Gasteiger partial charge in [0.05, 0.1) is 0 Å². The number of anilines is 1. The first kappa shape index (κ1) is 10.4. The summed E-state index contributed by atoms with van der Waals surface area (Å²) in [7, 11) is 0. The van der Waals surface area contributed by atoms with Gasteiger partial charge in [-0.25, -0.2) is 0 Å². The molecule has 0 saturated carbocycles. The molecule has 1 aromatic carbocycles. The van der Waals surface area contributed by atoms with Crippen molar-refractivity contribution >= 4 is 17.3 Å². The predicted molar refractivity (Wildman–Crippen MR) is 59.3 cm³/mol. The fourth-order valence-electron chi connectivity index (χ4n) is 1.52. The minimum absolute atomic E-state index is 0.461. The quantitative estimate of drug-likeness (QED) is 0.721. The molecular weight excluding hydrogens is 182 g/mol. The minimum Gasteiger partial charge on any atom is -0.398 e.